The second-order valence-electron chi connectivity index (χ2n) is 4.90. The lowest BCUT2D eigenvalue weighted by Crippen LogP contribution is -2.15. The lowest BCUT2D eigenvalue weighted by Gasteiger charge is -2.20. The van der Waals surface area contributed by atoms with E-state index in [1.807, 2.05) is 6.92 Å². The van der Waals surface area contributed by atoms with Crippen molar-refractivity contribution >= 4 is 22.3 Å². The second kappa shape index (κ2) is 5.74. The molecular formula is C14H21NO2S. The third kappa shape index (κ3) is 2.53. The monoisotopic (exact) mass is 267 g/mol. The van der Waals surface area contributed by atoms with Crippen LogP contribution in [0.1, 0.15) is 53.9 Å². The Hall–Kier alpha value is -1.03. The average molecular weight is 267 g/mol. The summed E-state index contributed by atoms with van der Waals surface area (Å²) in [4.78, 5) is 13.3. The Kier molecular flexibility index (Phi) is 4.27. The minimum absolute atomic E-state index is 0.234. The van der Waals surface area contributed by atoms with Gasteiger partial charge in [0.25, 0.3) is 0 Å². The van der Waals surface area contributed by atoms with Crippen LogP contribution in [0.5, 0.6) is 0 Å². The number of hydrogen-bond donors (Lipinski definition) is 1. The first kappa shape index (κ1) is 13.4. The van der Waals surface area contributed by atoms with Gasteiger partial charge in [-0.05, 0) is 37.2 Å². The fraction of sp³-hybridized carbons (Fsp3) is 0.643. The maximum absolute atomic E-state index is 12.0. The van der Waals surface area contributed by atoms with Gasteiger partial charge >= 0.3 is 5.97 Å². The highest BCUT2D eigenvalue weighted by Gasteiger charge is 2.27. The number of hydrogen-bond acceptors (Lipinski definition) is 4. The van der Waals surface area contributed by atoms with E-state index in [1.165, 1.54) is 11.3 Å². The van der Waals surface area contributed by atoms with Crippen molar-refractivity contribution in [2.24, 2.45) is 5.92 Å². The first-order valence-electron chi connectivity index (χ1n) is 6.74. The molecule has 0 saturated carbocycles. The first-order valence-corrected chi connectivity index (χ1v) is 7.56. The number of anilines is 1. The van der Waals surface area contributed by atoms with Crippen molar-refractivity contribution in [1.82, 2.24) is 0 Å². The minimum Gasteiger partial charge on any atom is -0.462 e. The SMILES string of the molecule is CCCOC(=O)c1c(N)sc2c1CCC(CC)C2. The summed E-state index contributed by atoms with van der Waals surface area (Å²) >= 11 is 1.57. The number of nitrogens with two attached hydrogens (primary N) is 1. The van der Waals surface area contributed by atoms with Crippen molar-refractivity contribution in [2.45, 2.75) is 46.0 Å². The zero-order chi connectivity index (χ0) is 13.1. The van der Waals surface area contributed by atoms with Gasteiger partial charge in [-0.3, -0.25) is 0 Å². The Morgan fingerprint density at radius 1 is 1.50 bits per heavy atom. The van der Waals surface area contributed by atoms with E-state index in [-0.39, 0.29) is 5.97 Å². The van der Waals surface area contributed by atoms with Gasteiger partial charge in [0.05, 0.1) is 12.2 Å². The predicted molar refractivity (Wildman–Crippen MR) is 75.1 cm³/mol. The van der Waals surface area contributed by atoms with E-state index in [2.05, 4.69) is 6.92 Å². The average Bonchev–Trinajstić information content (AvgIpc) is 2.70. The van der Waals surface area contributed by atoms with Gasteiger partial charge in [0.1, 0.15) is 5.00 Å². The van der Waals surface area contributed by atoms with E-state index in [9.17, 15) is 4.79 Å². The molecule has 1 aromatic rings. The number of fused-ring (bicyclic) bond motifs is 1. The van der Waals surface area contributed by atoms with Gasteiger partial charge < -0.3 is 10.5 Å². The minimum atomic E-state index is -0.234. The van der Waals surface area contributed by atoms with Crippen LogP contribution in [0.2, 0.25) is 0 Å². The summed E-state index contributed by atoms with van der Waals surface area (Å²) in [5.41, 5.74) is 7.81. The fourth-order valence-electron chi connectivity index (χ4n) is 2.51. The maximum atomic E-state index is 12.0. The van der Waals surface area contributed by atoms with Crippen LogP contribution < -0.4 is 5.73 Å². The molecule has 1 unspecified atom stereocenters. The summed E-state index contributed by atoms with van der Waals surface area (Å²) in [6.45, 7) is 4.69. The standard InChI is InChI=1S/C14H21NO2S/c1-3-7-17-14(16)12-10-6-5-9(4-2)8-11(10)18-13(12)15/h9H,3-8,15H2,1-2H3. The number of carbonyl (C=O) groups excluding carboxylic acids is 1. The number of ether oxygens (including phenoxy) is 1. The van der Waals surface area contributed by atoms with Crippen LogP contribution in [0.15, 0.2) is 0 Å². The molecule has 100 valence electrons. The van der Waals surface area contributed by atoms with E-state index in [4.69, 9.17) is 10.5 Å². The van der Waals surface area contributed by atoms with Crippen LogP contribution in [-0.4, -0.2) is 12.6 Å². The van der Waals surface area contributed by atoms with Crippen molar-refractivity contribution in [2.75, 3.05) is 12.3 Å². The maximum Gasteiger partial charge on any atom is 0.341 e. The molecule has 2 N–H and O–H groups in total. The summed E-state index contributed by atoms with van der Waals surface area (Å²) < 4.78 is 5.22. The number of thiophene rings is 1. The van der Waals surface area contributed by atoms with Gasteiger partial charge in [0.2, 0.25) is 0 Å². The lowest BCUT2D eigenvalue weighted by atomic mass is 9.86. The molecule has 0 aromatic carbocycles. The molecule has 0 saturated heterocycles. The van der Waals surface area contributed by atoms with Crippen LogP contribution in [0, 0.1) is 5.92 Å². The lowest BCUT2D eigenvalue weighted by molar-refractivity contribution is 0.0505. The van der Waals surface area contributed by atoms with Gasteiger partial charge in [-0.15, -0.1) is 11.3 Å². The Morgan fingerprint density at radius 3 is 2.94 bits per heavy atom. The van der Waals surface area contributed by atoms with E-state index in [0.29, 0.717) is 17.2 Å². The molecule has 1 atom stereocenters. The number of carbonyl (C=O) groups is 1. The summed E-state index contributed by atoms with van der Waals surface area (Å²) in [6, 6.07) is 0. The molecule has 0 spiro atoms. The number of esters is 1. The summed E-state index contributed by atoms with van der Waals surface area (Å²) in [5, 5.41) is 0.637. The fourth-order valence-corrected chi connectivity index (χ4v) is 3.74. The number of rotatable bonds is 4. The topological polar surface area (TPSA) is 52.3 Å². The highest BCUT2D eigenvalue weighted by Crippen LogP contribution is 2.39. The van der Waals surface area contributed by atoms with Crippen molar-refractivity contribution in [3.05, 3.63) is 16.0 Å². The van der Waals surface area contributed by atoms with Gasteiger partial charge in [0.15, 0.2) is 0 Å². The highest BCUT2D eigenvalue weighted by molar-refractivity contribution is 7.16. The molecule has 0 bridgehead atoms. The largest absolute Gasteiger partial charge is 0.462 e. The molecule has 18 heavy (non-hydrogen) atoms. The molecule has 0 radical (unpaired) electrons. The number of nitrogen functional groups attached to an aromatic ring is 1. The van der Waals surface area contributed by atoms with Crippen LogP contribution in [0.4, 0.5) is 5.00 Å². The van der Waals surface area contributed by atoms with Crippen LogP contribution in [0.3, 0.4) is 0 Å². The smallest absolute Gasteiger partial charge is 0.341 e. The molecule has 2 rings (SSSR count). The Morgan fingerprint density at radius 2 is 2.28 bits per heavy atom. The van der Waals surface area contributed by atoms with Crippen LogP contribution in [-0.2, 0) is 17.6 Å². The molecule has 0 aliphatic heterocycles. The summed E-state index contributed by atoms with van der Waals surface area (Å²) in [7, 11) is 0. The van der Waals surface area contributed by atoms with Gasteiger partial charge in [0, 0.05) is 4.88 Å². The van der Waals surface area contributed by atoms with Crippen molar-refractivity contribution in [3.63, 3.8) is 0 Å². The molecular weight excluding hydrogens is 246 g/mol. The van der Waals surface area contributed by atoms with E-state index in [0.717, 1.165) is 37.2 Å². The van der Waals surface area contributed by atoms with Crippen molar-refractivity contribution in [1.29, 1.82) is 0 Å². The Bertz CT molecular complexity index is 439. The van der Waals surface area contributed by atoms with Crippen LogP contribution >= 0.6 is 11.3 Å². The Labute approximate surface area is 112 Å². The zero-order valence-corrected chi connectivity index (χ0v) is 11.9. The van der Waals surface area contributed by atoms with Crippen molar-refractivity contribution < 1.29 is 9.53 Å². The van der Waals surface area contributed by atoms with Crippen LogP contribution in [0.25, 0.3) is 0 Å². The quantitative estimate of drug-likeness (QED) is 0.850. The molecule has 0 amide bonds. The highest BCUT2D eigenvalue weighted by atomic mass is 32.1. The molecule has 1 heterocycles. The van der Waals surface area contributed by atoms with Gasteiger partial charge in [-0.1, -0.05) is 20.3 Å². The van der Waals surface area contributed by atoms with Gasteiger partial charge in [-0.25, -0.2) is 4.79 Å². The van der Waals surface area contributed by atoms with E-state index in [1.54, 1.807) is 11.3 Å². The molecule has 1 aliphatic carbocycles. The first-order chi connectivity index (χ1) is 8.67. The second-order valence-corrected chi connectivity index (χ2v) is 6.03. The summed E-state index contributed by atoms with van der Waals surface area (Å²) in [5.74, 6) is 0.511. The molecule has 4 heteroatoms. The third-order valence-corrected chi connectivity index (χ3v) is 4.70. The summed E-state index contributed by atoms with van der Waals surface area (Å²) in [6.07, 6.45) is 5.25. The van der Waals surface area contributed by atoms with E-state index < -0.39 is 0 Å². The molecule has 1 aromatic heterocycles. The van der Waals surface area contributed by atoms with E-state index >= 15 is 0 Å². The predicted octanol–water partition coefficient (Wildman–Crippen LogP) is 3.41. The van der Waals surface area contributed by atoms with Crippen molar-refractivity contribution in [3.8, 4) is 0 Å². The van der Waals surface area contributed by atoms with Gasteiger partial charge in [-0.2, -0.15) is 0 Å². The molecule has 0 fully saturated rings. The zero-order valence-electron chi connectivity index (χ0n) is 11.1. The molecule has 3 nitrogen and oxygen atoms in total. The Balaban J connectivity index is 2.22. The normalized spacial score (nSPS) is 18.4. The third-order valence-electron chi connectivity index (χ3n) is 3.61. The molecule has 1 aliphatic rings.